The summed E-state index contributed by atoms with van der Waals surface area (Å²) in [6, 6.07) is 22.2. The van der Waals surface area contributed by atoms with Crippen molar-refractivity contribution in [3.8, 4) is 22.9 Å². The SMILES string of the molecule is CCOC(=O)C1=C(C)Nc2nc(-c3ccc(Cl)cc3)nn2C1c1ccc(OCc2ccccc2)c(OC)c1. The lowest BCUT2D eigenvalue weighted by Gasteiger charge is -2.28. The van der Waals surface area contributed by atoms with E-state index in [0.717, 1.165) is 16.7 Å². The first-order valence-corrected chi connectivity index (χ1v) is 12.6. The second-order valence-corrected chi connectivity index (χ2v) is 9.12. The van der Waals surface area contributed by atoms with Crippen molar-refractivity contribution in [1.82, 2.24) is 14.8 Å². The van der Waals surface area contributed by atoms with Crippen LogP contribution in [0.1, 0.15) is 31.0 Å². The van der Waals surface area contributed by atoms with Gasteiger partial charge in [0.25, 0.3) is 0 Å². The minimum absolute atomic E-state index is 0.248. The van der Waals surface area contributed by atoms with Crippen LogP contribution in [-0.4, -0.2) is 34.5 Å². The third-order valence-electron chi connectivity index (χ3n) is 6.19. The Morgan fingerprint density at radius 2 is 1.82 bits per heavy atom. The van der Waals surface area contributed by atoms with Gasteiger partial charge in [-0.15, -0.1) is 5.10 Å². The molecule has 0 saturated heterocycles. The summed E-state index contributed by atoms with van der Waals surface area (Å²) in [7, 11) is 1.59. The quantitative estimate of drug-likeness (QED) is 0.278. The number of ether oxygens (including phenoxy) is 3. The number of hydrogen-bond acceptors (Lipinski definition) is 7. The Balaban J connectivity index is 1.55. The van der Waals surface area contributed by atoms with Crippen LogP contribution in [0, 0.1) is 0 Å². The van der Waals surface area contributed by atoms with Crippen molar-refractivity contribution in [3.05, 3.63) is 100 Å². The lowest BCUT2D eigenvalue weighted by atomic mass is 9.95. The Kier molecular flexibility index (Phi) is 7.33. The molecule has 3 aromatic carbocycles. The van der Waals surface area contributed by atoms with Crippen LogP contribution in [0.4, 0.5) is 5.95 Å². The highest BCUT2D eigenvalue weighted by molar-refractivity contribution is 6.30. The van der Waals surface area contributed by atoms with Crippen LogP contribution in [0.2, 0.25) is 5.02 Å². The van der Waals surface area contributed by atoms with Crippen molar-refractivity contribution in [3.63, 3.8) is 0 Å². The number of esters is 1. The molecule has 194 valence electrons. The van der Waals surface area contributed by atoms with E-state index in [-0.39, 0.29) is 6.61 Å². The lowest BCUT2D eigenvalue weighted by molar-refractivity contribution is -0.139. The number of methoxy groups -OCH3 is 1. The monoisotopic (exact) mass is 530 g/mol. The maximum Gasteiger partial charge on any atom is 0.338 e. The van der Waals surface area contributed by atoms with Crippen LogP contribution in [0.15, 0.2) is 84.1 Å². The van der Waals surface area contributed by atoms with E-state index >= 15 is 0 Å². The summed E-state index contributed by atoms with van der Waals surface area (Å²) < 4.78 is 18.8. The Hall–Kier alpha value is -4.30. The van der Waals surface area contributed by atoms with Crippen molar-refractivity contribution in [1.29, 1.82) is 0 Å². The van der Waals surface area contributed by atoms with Gasteiger partial charge in [-0.3, -0.25) is 0 Å². The number of hydrogen-bond donors (Lipinski definition) is 1. The summed E-state index contributed by atoms with van der Waals surface area (Å²) >= 11 is 6.07. The highest BCUT2D eigenvalue weighted by Gasteiger charge is 2.35. The van der Waals surface area contributed by atoms with Gasteiger partial charge in [0, 0.05) is 16.3 Å². The molecule has 8 nitrogen and oxygen atoms in total. The fraction of sp³-hybridized carbons (Fsp3) is 0.207. The fourth-order valence-corrected chi connectivity index (χ4v) is 4.49. The summed E-state index contributed by atoms with van der Waals surface area (Å²) in [5.74, 6) is 1.71. The van der Waals surface area contributed by atoms with E-state index in [4.69, 9.17) is 35.9 Å². The largest absolute Gasteiger partial charge is 0.493 e. The van der Waals surface area contributed by atoms with Crippen LogP contribution in [-0.2, 0) is 16.1 Å². The number of carbonyl (C=O) groups is 1. The molecule has 9 heteroatoms. The predicted molar refractivity (Wildman–Crippen MR) is 145 cm³/mol. The zero-order chi connectivity index (χ0) is 26.6. The molecule has 1 aliphatic heterocycles. The van der Waals surface area contributed by atoms with E-state index in [0.29, 0.717) is 46.2 Å². The first-order valence-electron chi connectivity index (χ1n) is 12.2. The number of fused-ring (bicyclic) bond motifs is 1. The second kappa shape index (κ2) is 11.0. The third-order valence-corrected chi connectivity index (χ3v) is 6.44. The summed E-state index contributed by atoms with van der Waals surface area (Å²) in [6.45, 7) is 4.25. The van der Waals surface area contributed by atoms with E-state index in [9.17, 15) is 4.79 Å². The molecule has 1 aromatic heterocycles. The molecule has 4 aromatic rings. The van der Waals surface area contributed by atoms with E-state index in [1.54, 1.807) is 30.8 Å². The number of anilines is 1. The normalized spacial score (nSPS) is 14.5. The number of halogens is 1. The van der Waals surface area contributed by atoms with Gasteiger partial charge in [0.15, 0.2) is 17.3 Å². The summed E-state index contributed by atoms with van der Waals surface area (Å²) in [6.07, 6.45) is 0. The zero-order valence-electron chi connectivity index (χ0n) is 21.3. The highest BCUT2D eigenvalue weighted by Crippen LogP contribution is 2.40. The van der Waals surface area contributed by atoms with Gasteiger partial charge in [-0.2, -0.15) is 4.98 Å². The van der Waals surface area contributed by atoms with Crippen molar-refractivity contribution in [2.75, 3.05) is 19.0 Å². The van der Waals surface area contributed by atoms with Crippen LogP contribution in [0.5, 0.6) is 11.5 Å². The van der Waals surface area contributed by atoms with Gasteiger partial charge in [0.2, 0.25) is 5.95 Å². The first kappa shape index (κ1) is 25.4. The first-order chi connectivity index (χ1) is 18.5. The van der Waals surface area contributed by atoms with Gasteiger partial charge in [-0.05, 0) is 61.4 Å². The van der Waals surface area contributed by atoms with Crippen LogP contribution >= 0.6 is 11.6 Å². The van der Waals surface area contributed by atoms with Gasteiger partial charge < -0.3 is 19.5 Å². The van der Waals surface area contributed by atoms with Crippen LogP contribution in [0.3, 0.4) is 0 Å². The molecule has 0 fully saturated rings. The maximum atomic E-state index is 13.1. The number of nitrogens with zero attached hydrogens (tertiary/aromatic N) is 3. The maximum absolute atomic E-state index is 13.1. The van der Waals surface area contributed by atoms with E-state index in [1.807, 2.05) is 67.6 Å². The number of carbonyl (C=O) groups excluding carboxylic acids is 1. The Morgan fingerprint density at radius 1 is 1.05 bits per heavy atom. The Labute approximate surface area is 225 Å². The van der Waals surface area contributed by atoms with Crippen molar-refractivity contribution < 1.29 is 19.0 Å². The van der Waals surface area contributed by atoms with Gasteiger partial charge in [0.05, 0.1) is 19.3 Å². The average Bonchev–Trinajstić information content (AvgIpc) is 3.35. The summed E-state index contributed by atoms with van der Waals surface area (Å²) in [5.41, 5.74) is 3.69. The second-order valence-electron chi connectivity index (χ2n) is 8.68. The molecule has 0 radical (unpaired) electrons. The molecule has 1 N–H and O–H groups in total. The molecule has 0 aliphatic carbocycles. The van der Waals surface area contributed by atoms with E-state index in [2.05, 4.69) is 5.32 Å². The van der Waals surface area contributed by atoms with Crippen LogP contribution < -0.4 is 14.8 Å². The van der Waals surface area contributed by atoms with E-state index in [1.165, 1.54) is 0 Å². The topological polar surface area (TPSA) is 87.5 Å². The fourth-order valence-electron chi connectivity index (χ4n) is 4.36. The van der Waals surface area contributed by atoms with Gasteiger partial charge in [-0.1, -0.05) is 48.0 Å². The number of nitrogens with one attached hydrogen (secondary N) is 1. The number of aromatic nitrogens is 3. The Bertz CT molecular complexity index is 1480. The molecule has 0 bridgehead atoms. The molecular formula is C29H27ClN4O4. The summed E-state index contributed by atoms with van der Waals surface area (Å²) in [5, 5.41) is 8.61. The molecule has 0 saturated carbocycles. The van der Waals surface area contributed by atoms with Crippen molar-refractivity contribution in [2.45, 2.75) is 26.5 Å². The molecule has 0 amide bonds. The van der Waals surface area contributed by atoms with E-state index < -0.39 is 12.0 Å². The number of rotatable bonds is 8. The Morgan fingerprint density at radius 3 is 2.53 bits per heavy atom. The van der Waals surface area contributed by atoms with Crippen LogP contribution in [0.25, 0.3) is 11.4 Å². The van der Waals surface area contributed by atoms with Crippen molar-refractivity contribution in [2.24, 2.45) is 0 Å². The lowest BCUT2D eigenvalue weighted by Crippen LogP contribution is -2.29. The standard InChI is InChI=1S/C29H27ClN4O4/c1-4-37-28(35)25-18(2)31-29-32-27(20-10-13-22(30)14-11-20)33-34(29)26(25)21-12-15-23(24(16-21)36-3)38-17-19-8-6-5-7-9-19/h5-16,26H,4,17H2,1-3H3,(H,31,32,33). The zero-order valence-corrected chi connectivity index (χ0v) is 22.0. The highest BCUT2D eigenvalue weighted by atomic mass is 35.5. The molecule has 5 rings (SSSR count). The summed E-state index contributed by atoms with van der Waals surface area (Å²) in [4.78, 5) is 17.8. The smallest absolute Gasteiger partial charge is 0.338 e. The number of allylic oxidation sites excluding steroid dienone is 1. The molecule has 1 aliphatic rings. The molecule has 38 heavy (non-hydrogen) atoms. The van der Waals surface area contributed by atoms with Gasteiger partial charge >= 0.3 is 5.97 Å². The minimum atomic E-state index is -0.601. The number of benzene rings is 3. The molecular weight excluding hydrogens is 504 g/mol. The van der Waals surface area contributed by atoms with Crippen molar-refractivity contribution >= 4 is 23.5 Å². The third kappa shape index (κ3) is 5.08. The molecule has 0 spiro atoms. The molecule has 2 heterocycles. The molecule has 1 atom stereocenters. The predicted octanol–water partition coefficient (Wildman–Crippen LogP) is 6.04. The van der Waals surface area contributed by atoms with Gasteiger partial charge in [-0.25, -0.2) is 9.48 Å². The average molecular weight is 531 g/mol. The molecule has 1 unspecified atom stereocenters. The minimum Gasteiger partial charge on any atom is -0.493 e. The van der Waals surface area contributed by atoms with Gasteiger partial charge in [0.1, 0.15) is 12.6 Å².